The molecule has 1 saturated heterocycles. The van der Waals surface area contributed by atoms with Gasteiger partial charge in [0.15, 0.2) is 0 Å². The highest BCUT2D eigenvalue weighted by Gasteiger charge is 2.27. The molecular formula is C10H20N2O2. The molecule has 1 aliphatic heterocycles. The average Bonchev–Trinajstić information content (AvgIpc) is 2.11. The van der Waals surface area contributed by atoms with Crippen LogP contribution in [0.25, 0.3) is 0 Å². The molecule has 2 atom stereocenters. The zero-order chi connectivity index (χ0) is 10.7. The van der Waals surface area contributed by atoms with E-state index in [0.29, 0.717) is 0 Å². The monoisotopic (exact) mass is 200 g/mol. The number of rotatable bonds is 2. The van der Waals surface area contributed by atoms with E-state index < -0.39 is 6.10 Å². The van der Waals surface area contributed by atoms with Crippen LogP contribution in [0, 0.1) is 5.92 Å². The lowest BCUT2D eigenvalue weighted by atomic mass is 10.0. The van der Waals surface area contributed by atoms with E-state index >= 15 is 0 Å². The molecule has 0 aliphatic carbocycles. The molecule has 2 N–H and O–H groups in total. The molecule has 1 fully saturated rings. The minimum atomic E-state index is -0.395. The second-order valence-corrected chi connectivity index (χ2v) is 4.39. The number of nitrogens with one attached hydrogen (secondary N) is 1. The molecule has 4 nitrogen and oxygen atoms in total. The van der Waals surface area contributed by atoms with Crippen molar-refractivity contribution < 1.29 is 9.90 Å². The van der Waals surface area contributed by atoms with E-state index in [0.717, 1.165) is 19.5 Å². The molecule has 1 heterocycles. The summed E-state index contributed by atoms with van der Waals surface area (Å²) in [5.74, 6) is -0.00113. The molecule has 1 aliphatic rings. The third kappa shape index (κ3) is 2.96. The first-order valence-electron chi connectivity index (χ1n) is 5.17. The van der Waals surface area contributed by atoms with Crippen molar-refractivity contribution in [2.24, 2.45) is 5.92 Å². The number of nitrogens with zero attached hydrogens (tertiary/aromatic N) is 1. The van der Waals surface area contributed by atoms with Crippen LogP contribution in [0.2, 0.25) is 0 Å². The molecule has 4 heteroatoms. The molecule has 1 amide bonds. The molecule has 0 saturated carbocycles. The number of amides is 1. The summed E-state index contributed by atoms with van der Waals surface area (Å²) in [6, 6.07) is -0.108. The van der Waals surface area contributed by atoms with Gasteiger partial charge in [-0.05, 0) is 13.5 Å². The molecule has 0 aromatic heterocycles. The lowest BCUT2D eigenvalue weighted by molar-refractivity contribution is -0.126. The van der Waals surface area contributed by atoms with Gasteiger partial charge in [-0.2, -0.15) is 0 Å². The molecule has 0 aromatic rings. The number of aliphatic hydroxyl groups excluding tert-OH is 1. The molecular weight excluding hydrogens is 180 g/mol. The van der Waals surface area contributed by atoms with Gasteiger partial charge in [0, 0.05) is 19.0 Å². The van der Waals surface area contributed by atoms with E-state index in [2.05, 4.69) is 10.2 Å². The Balaban J connectivity index is 2.45. The average molecular weight is 200 g/mol. The van der Waals surface area contributed by atoms with Gasteiger partial charge in [0.25, 0.3) is 0 Å². The minimum Gasteiger partial charge on any atom is -0.391 e. The van der Waals surface area contributed by atoms with Crippen molar-refractivity contribution in [2.45, 2.75) is 32.4 Å². The topological polar surface area (TPSA) is 52.6 Å². The van der Waals surface area contributed by atoms with Gasteiger partial charge in [-0.1, -0.05) is 13.8 Å². The summed E-state index contributed by atoms with van der Waals surface area (Å²) in [6.07, 6.45) is 0.341. The predicted octanol–water partition coefficient (Wildman–Crippen LogP) is -0.176. The first-order chi connectivity index (χ1) is 6.50. The lowest BCUT2D eigenvalue weighted by Gasteiger charge is -2.34. The number of piperidine rings is 1. The number of likely N-dealkylation sites (tertiary alicyclic amines) is 1. The SMILES string of the molecule is CC(C)C(=O)NC1CN(C)CCC1O. The summed E-state index contributed by atoms with van der Waals surface area (Å²) in [7, 11) is 2.00. The van der Waals surface area contributed by atoms with Gasteiger partial charge in [0.2, 0.25) is 5.91 Å². The fourth-order valence-corrected chi connectivity index (χ4v) is 1.59. The summed E-state index contributed by atoms with van der Waals surface area (Å²) in [6.45, 7) is 5.34. The lowest BCUT2D eigenvalue weighted by Crippen LogP contribution is -2.54. The van der Waals surface area contributed by atoms with E-state index in [-0.39, 0.29) is 17.9 Å². The Bertz CT molecular complexity index is 206. The maximum Gasteiger partial charge on any atom is 0.222 e. The van der Waals surface area contributed by atoms with Crippen LogP contribution >= 0.6 is 0 Å². The van der Waals surface area contributed by atoms with Crippen LogP contribution in [-0.4, -0.2) is 48.2 Å². The molecule has 0 radical (unpaired) electrons. The summed E-state index contributed by atoms with van der Waals surface area (Å²) in [5.41, 5.74) is 0. The molecule has 1 rings (SSSR count). The molecule has 0 bridgehead atoms. The molecule has 0 aromatic carbocycles. The van der Waals surface area contributed by atoms with Crippen molar-refractivity contribution in [2.75, 3.05) is 20.1 Å². The van der Waals surface area contributed by atoms with Gasteiger partial charge in [0.05, 0.1) is 12.1 Å². The highest BCUT2D eigenvalue weighted by Crippen LogP contribution is 2.09. The Hall–Kier alpha value is -0.610. The van der Waals surface area contributed by atoms with Gasteiger partial charge in [-0.3, -0.25) is 4.79 Å². The fourth-order valence-electron chi connectivity index (χ4n) is 1.59. The number of likely N-dealkylation sites (N-methyl/N-ethyl adjacent to an activating group) is 1. The van der Waals surface area contributed by atoms with Gasteiger partial charge in [-0.15, -0.1) is 0 Å². The Morgan fingerprint density at radius 1 is 1.57 bits per heavy atom. The third-order valence-electron chi connectivity index (χ3n) is 2.63. The second kappa shape index (κ2) is 4.75. The smallest absolute Gasteiger partial charge is 0.222 e. The summed E-state index contributed by atoms with van der Waals surface area (Å²) < 4.78 is 0. The van der Waals surface area contributed by atoms with E-state index in [1.165, 1.54) is 0 Å². The van der Waals surface area contributed by atoms with E-state index in [1.807, 2.05) is 20.9 Å². The second-order valence-electron chi connectivity index (χ2n) is 4.39. The summed E-state index contributed by atoms with van der Waals surface area (Å²) in [4.78, 5) is 13.5. The van der Waals surface area contributed by atoms with Crippen molar-refractivity contribution in [1.29, 1.82) is 0 Å². The highest BCUT2D eigenvalue weighted by molar-refractivity contribution is 5.78. The Labute approximate surface area is 85.3 Å². The normalized spacial score (nSPS) is 29.2. The van der Waals surface area contributed by atoms with Crippen molar-refractivity contribution in [1.82, 2.24) is 10.2 Å². The van der Waals surface area contributed by atoms with Crippen LogP contribution in [0.4, 0.5) is 0 Å². The van der Waals surface area contributed by atoms with Crippen molar-refractivity contribution >= 4 is 5.91 Å². The standard InChI is InChI=1S/C10H20N2O2/c1-7(2)10(14)11-8-6-12(3)5-4-9(8)13/h7-9,13H,4-6H2,1-3H3,(H,11,14). The quantitative estimate of drug-likeness (QED) is 0.650. The van der Waals surface area contributed by atoms with Crippen LogP contribution in [0.1, 0.15) is 20.3 Å². The van der Waals surface area contributed by atoms with Crippen molar-refractivity contribution in [3.05, 3.63) is 0 Å². The zero-order valence-electron chi connectivity index (χ0n) is 9.16. The first kappa shape index (κ1) is 11.5. The minimum absolute atomic E-state index is 0.0179. The van der Waals surface area contributed by atoms with Crippen LogP contribution in [-0.2, 0) is 4.79 Å². The number of carbonyl (C=O) groups is 1. The number of hydrogen-bond acceptors (Lipinski definition) is 3. The Kier molecular flexibility index (Phi) is 3.89. The maximum atomic E-state index is 11.4. The van der Waals surface area contributed by atoms with E-state index in [1.54, 1.807) is 0 Å². The summed E-state index contributed by atoms with van der Waals surface area (Å²) in [5, 5.41) is 12.5. The number of hydrogen-bond donors (Lipinski definition) is 2. The molecule has 14 heavy (non-hydrogen) atoms. The first-order valence-corrected chi connectivity index (χ1v) is 5.17. The fraction of sp³-hybridized carbons (Fsp3) is 0.900. The van der Waals surface area contributed by atoms with Gasteiger partial charge in [0.1, 0.15) is 0 Å². The van der Waals surface area contributed by atoms with E-state index in [4.69, 9.17) is 0 Å². The van der Waals surface area contributed by atoms with Gasteiger partial charge in [-0.25, -0.2) is 0 Å². The van der Waals surface area contributed by atoms with Gasteiger partial charge < -0.3 is 15.3 Å². The number of aliphatic hydroxyl groups is 1. The highest BCUT2D eigenvalue weighted by atomic mass is 16.3. The largest absolute Gasteiger partial charge is 0.391 e. The van der Waals surface area contributed by atoms with Crippen molar-refractivity contribution in [3.63, 3.8) is 0 Å². The van der Waals surface area contributed by atoms with E-state index in [9.17, 15) is 9.90 Å². The third-order valence-corrected chi connectivity index (χ3v) is 2.63. The Morgan fingerprint density at radius 2 is 2.21 bits per heavy atom. The summed E-state index contributed by atoms with van der Waals surface area (Å²) >= 11 is 0. The maximum absolute atomic E-state index is 11.4. The molecule has 82 valence electrons. The molecule has 0 spiro atoms. The molecule has 2 unspecified atom stereocenters. The van der Waals surface area contributed by atoms with Crippen LogP contribution in [0.5, 0.6) is 0 Å². The predicted molar refractivity (Wildman–Crippen MR) is 54.9 cm³/mol. The Morgan fingerprint density at radius 3 is 2.79 bits per heavy atom. The van der Waals surface area contributed by atoms with Gasteiger partial charge >= 0.3 is 0 Å². The number of carbonyl (C=O) groups excluding carboxylic acids is 1. The van der Waals surface area contributed by atoms with Crippen LogP contribution < -0.4 is 5.32 Å². The van der Waals surface area contributed by atoms with Crippen LogP contribution in [0.15, 0.2) is 0 Å². The van der Waals surface area contributed by atoms with Crippen LogP contribution in [0.3, 0.4) is 0 Å². The van der Waals surface area contributed by atoms with Crippen molar-refractivity contribution in [3.8, 4) is 0 Å². The zero-order valence-corrected chi connectivity index (χ0v) is 9.16.